The summed E-state index contributed by atoms with van der Waals surface area (Å²) in [5, 5.41) is 3.44. The zero-order valence-electron chi connectivity index (χ0n) is 40.2. The number of sulfone groups is 1. The van der Waals surface area contributed by atoms with Gasteiger partial charge >= 0.3 is 5.51 Å². The molecule has 71 heavy (non-hydrogen) atoms. The van der Waals surface area contributed by atoms with Gasteiger partial charge in [-0.05, 0) is 143 Å². The van der Waals surface area contributed by atoms with Crippen molar-refractivity contribution in [3.8, 4) is 0 Å². The van der Waals surface area contributed by atoms with Crippen LogP contribution in [0.5, 0.6) is 0 Å². The van der Waals surface area contributed by atoms with Gasteiger partial charge in [-0.1, -0.05) is 41.4 Å². The summed E-state index contributed by atoms with van der Waals surface area (Å²) in [7, 11) is -10.9. The number of benzene rings is 4. The molecule has 4 fully saturated rings. The number of rotatable bonds is 16. The Morgan fingerprint density at radius 3 is 2.23 bits per heavy atom. The highest BCUT2D eigenvalue weighted by atomic mass is 35.5. The maximum atomic E-state index is 15.1. The number of hydrogen-bond acceptors (Lipinski definition) is 11. The van der Waals surface area contributed by atoms with E-state index in [9.17, 15) is 34.8 Å². The van der Waals surface area contributed by atoms with E-state index in [0.717, 1.165) is 86.7 Å². The van der Waals surface area contributed by atoms with Crippen LogP contribution in [0.2, 0.25) is 5.02 Å². The molecule has 4 aromatic rings. The number of nitrogens with one attached hydrogen (secondary N) is 2. The van der Waals surface area contributed by atoms with E-state index in [-0.39, 0.29) is 22.6 Å². The van der Waals surface area contributed by atoms with Gasteiger partial charge in [0, 0.05) is 109 Å². The lowest BCUT2D eigenvalue weighted by atomic mass is 9.78. The summed E-state index contributed by atoms with van der Waals surface area (Å²) in [6.07, 6.45) is 6.77. The lowest BCUT2D eigenvalue weighted by Crippen LogP contribution is -2.53. The van der Waals surface area contributed by atoms with Gasteiger partial charge in [-0.25, -0.2) is 25.9 Å². The minimum Gasteiger partial charge on any atom is -0.380 e. The van der Waals surface area contributed by atoms with Gasteiger partial charge in [0.1, 0.15) is 10.7 Å². The molecule has 3 saturated heterocycles. The van der Waals surface area contributed by atoms with E-state index in [4.69, 9.17) is 11.6 Å². The first-order chi connectivity index (χ1) is 33.6. The van der Waals surface area contributed by atoms with E-state index in [2.05, 4.69) is 45.7 Å². The zero-order valence-corrected chi connectivity index (χ0v) is 43.4. The Morgan fingerprint density at radius 2 is 1.59 bits per heavy atom. The van der Waals surface area contributed by atoms with Crippen molar-refractivity contribution in [3.05, 3.63) is 119 Å². The number of amides is 1. The smallest absolute Gasteiger partial charge is 0.380 e. The molecule has 2 unspecified atom stereocenters. The van der Waals surface area contributed by atoms with E-state index in [0.29, 0.717) is 66.0 Å². The van der Waals surface area contributed by atoms with Gasteiger partial charge in [0.25, 0.3) is 25.8 Å². The van der Waals surface area contributed by atoms with Crippen LogP contribution in [0.1, 0.15) is 81.6 Å². The molecule has 5 aliphatic rings. The van der Waals surface area contributed by atoms with Gasteiger partial charge in [0.15, 0.2) is 0 Å². The maximum Gasteiger partial charge on any atom is 0.501 e. The van der Waals surface area contributed by atoms with Crippen molar-refractivity contribution in [1.82, 2.24) is 19.4 Å². The molecule has 1 saturated carbocycles. The molecular formula is C52H61ClF4N6O5S3. The fourth-order valence-electron chi connectivity index (χ4n) is 11.0. The number of hydrogen-bond donors (Lipinski definition) is 2. The largest absolute Gasteiger partial charge is 0.501 e. The van der Waals surface area contributed by atoms with Gasteiger partial charge in [-0.2, -0.15) is 13.2 Å². The lowest BCUT2D eigenvalue weighted by Gasteiger charge is -2.42. The summed E-state index contributed by atoms with van der Waals surface area (Å²) >= 11 is 7.55. The molecular weight excluding hydrogens is 996 g/mol. The van der Waals surface area contributed by atoms with Crippen molar-refractivity contribution in [2.45, 2.75) is 110 Å². The molecule has 11 nitrogen and oxygen atoms in total. The topological polar surface area (TPSA) is 122 Å². The minimum atomic E-state index is -6.08. The summed E-state index contributed by atoms with van der Waals surface area (Å²) in [4.78, 5) is 21.7. The maximum absolute atomic E-state index is 15.1. The van der Waals surface area contributed by atoms with Crippen LogP contribution in [0.3, 0.4) is 0 Å². The third-order valence-electron chi connectivity index (χ3n) is 15.0. The first-order valence-electron chi connectivity index (χ1n) is 24.3. The van der Waals surface area contributed by atoms with Crippen molar-refractivity contribution >= 4 is 66.1 Å². The highest BCUT2D eigenvalue weighted by molar-refractivity contribution is 7.99. The highest BCUT2D eigenvalue weighted by Gasteiger charge is 2.50. The number of anilines is 2. The summed E-state index contributed by atoms with van der Waals surface area (Å²) in [6.45, 7) is 12.6. The number of thioether (sulfide) groups is 1. The van der Waals surface area contributed by atoms with Crippen LogP contribution < -0.4 is 14.9 Å². The van der Waals surface area contributed by atoms with Crippen molar-refractivity contribution in [3.63, 3.8) is 0 Å². The molecule has 3 heterocycles. The Balaban J connectivity index is 0.860. The second kappa shape index (κ2) is 20.3. The molecule has 1 spiro atoms. The predicted octanol–water partition coefficient (Wildman–Crippen LogP) is 9.95. The van der Waals surface area contributed by atoms with Crippen molar-refractivity contribution in [2.75, 3.05) is 68.3 Å². The molecule has 3 aliphatic heterocycles. The fourth-order valence-corrected chi connectivity index (χ4v) is 14.1. The number of nitrogens with zero attached hydrogens (tertiary/aromatic N) is 4. The Bertz CT molecular complexity index is 2870. The summed E-state index contributed by atoms with van der Waals surface area (Å²) in [5.74, 6) is -0.958. The number of allylic oxidation sites excluding steroid dienone is 1. The zero-order chi connectivity index (χ0) is 50.5. The minimum absolute atomic E-state index is 0.0197. The lowest BCUT2D eigenvalue weighted by molar-refractivity contribution is -0.0435. The number of carbonyl (C=O) groups excluding carboxylic acids is 1. The quantitative estimate of drug-likeness (QED) is 0.0824. The molecule has 0 aromatic heterocycles. The van der Waals surface area contributed by atoms with Crippen LogP contribution in [0.4, 0.5) is 28.9 Å². The summed E-state index contributed by atoms with van der Waals surface area (Å²) in [5.41, 5.74) is -1.99. The monoisotopic (exact) mass is 1060 g/mol. The Morgan fingerprint density at radius 1 is 0.873 bits per heavy atom. The first-order valence-corrected chi connectivity index (χ1v) is 28.6. The number of likely N-dealkylation sites (tertiary alicyclic amines) is 2. The number of alkyl halides is 3. The van der Waals surface area contributed by atoms with Gasteiger partial charge in [-0.3, -0.25) is 19.5 Å². The van der Waals surface area contributed by atoms with Crippen LogP contribution in [-0.4, -0.2) is 125 Å². The van der Waals surface area contributed by atoms with Crippen LogP contribution >= 0.6 is 23.4 Å². The number of piperazine rings is 2. The highest BCUT2D eigenvalue weighted by Crippen LogP contribution is 2.59. The van der Waals surface area contributed by atoms with Crippen LogP contribution in [-0.2, 0) is 19.9 Å². The summed E-state index contributed by atoms with van der Waals surface area (Å²) in [6, 6.07) is 23.4. The summed E-state index contributed by atoms with van der Waals surface area (Å²) < 4.78 is 114. The molecule has 382 valence electrons. The predicted molar refractivity (Wildman–Crippen MR) is 273 cm³/mol. The average molecular weight is 1060 g/mol. The van der Waals surface area contributed by atoms with Crippen LogP contribution in [0.25, 0.3) is 5.57 Å². The van der Waals surface area contributed by atoms with Crippen molar-refractivity contribution in [1.29, 1.82) is 0 Å². The van der Waals surface area contributed by atoms with Crippen molar-refractivity contribution < 1.29 is 39.2 Å². The molecule has 2 N–H and O–H groups in total. The normalized spacial score (nSPS) is 21.5. The number of sulfonamides is 1. The van der Waals surface area contributed by atoms with E-state index in [1.165, 1.54) is 48.4 Å². The third kappa shape index (κ3) is 11.6. The number of halogens is 5. The number of carbonyl (C=O) groups is 1. The average Bonchev–Trinajstić information content (AvgIpc) is 3.73. The van der Waals surface area contributed by atoms with E-state index in [1.807, 2.05) is 35.1 Å². The van der Waals surface area contributed by atoms with Crippen LogP contribution in [0, 0.1) is 11.2 Å². The van der Waals surface area contributed by atoms with Gasteiger partial charge < -0.3 is 10.2 Å². The third-order valence-corrected chi connectivity index (χ3v) is 19.3. The molecule has 1 amide bonds. The van der Waals surface area contributed by atoms with E-state index < -0.39 is 47.1 Å². The molecule has 2 bridgehead atoms. The molecule has 2 aliphatic carbocycles. The van der Waals surface area contributed by atoms with E-state index >= 15 is 4.39 Å². The molecule has 9 rings (SSSR count). The standard InChI is InChI=1S/C52H61ClF4N6O5S3/c1-50(2,3)63-33-40-28-41(63)32-62(40)22-18-38(34-69-42-7-5-4-6-8-42)58-47-16-14-43(29-48(47)70(65,66)52(55,56)57)71(67,68)59-49(64)35-9-12-39(13-10-35)61-25-23-60(24-26-61)31-36-30-51(20-21-51)19-17-44(36)45-15-11-37(53)27-46(45)54/h4-16,27,29,38,40-41,58H,17-26,28,30-34H2,1-3H3,(H,59,64)/t38-,40?,41?/m1/s1. The van der Waals surface area contributed by atoms with Gasteiger partial charge in [0.05, 0.1) is 10.6 Å². The Kier molecular flexibility index (Phi) is 14.8. The Hall–Kier alpha value is -4.17. The second-order valence-corrected chi connectivity index (χ2v) is 26.0. The first kappa shape index (κ1) is 51.7. The van der Waals surface area contributed by atoms with Gasteiger partial charge in [0.2, 0.25) is 0 Å². The fraction of sp³-hybridized carbons (Fsp3) is 0.481. The van der Waals surface area contributed by atoms with E-state index in [1.54, 1.807) is 24.3 Å². The number of fused-ring (bicyclic) bond motifs is 2. The molecule has 19 heteroatoms. The molecule has 4 aromatic carbocycles. The van der Waals surface area contributed by atoms with Crippen molar-refractivity contribution in [2.24, 2.45) is 5.41 Å². The SMILES string of the molecule is CC(C)(C)N1CC2CC1CN2CC[C@H](CSc1ccccc1)Nc1ccc(S(=O)(=O)NC(=O)c2ccc(N3CCN(CC4=C(c5ccc(Cl)cc5F)CCC5(CC5)C4)CC3)cc2)cc1S(=O)(=O)C(F)(F)F. The van der Waals surface area contributed by atoms with Gasteiger partial charge in [-0.15, -0.1) is 11.8 Å². The molecule has 0 radical (unpaired) electrons. The molecule has 3 atom stereocenters. The Labute approximate surface area is 424 Å². The van der Waals surface area contributed by atoms with Crippen LogP contribution in [0.15, 0.2) is 111 Å². The second-order valence-electron chi connectivity index (χ2n) is 20.9.